The normalized spacial score (nSPS) is 11.6. The maximum absolute atomic E-state index is 6.57. The third-order valence-corrected chi connectivity index (χ3v) is 6.57. The Kier molecular flexibility index (Phi) is 3.91. The predicted octanol–water partition coefficient (Wildman–Crippen LogP) is 2.45. The van der Waals surface area contributed by atoms with Gasteiger partial charge in [-0.3, -0.25) is 4.99 Å². The molecular formula is C23H25N11. The first-order chi connectivity index (χ1) is 16.0. The van der Waals surface area contributed by atoms with Gasteiger partial charge in [0, 0.05) is 38.0 Å². The molecule has 5 aromatic rings. The number of hydrogen-bond acceptors (Lipinski definition) is 11. The minimum absolute atomic E-state index is 0.127. The van der Waals surface area contributed by atoms with Crippen molar-refractivity contribution in [1.29, 1.82) is 0 Å². The highest BCUT2D eigenvalue weighted by atomic mass is 14.8. The molecule has 0 aliphatic heterocycles. The van der Waals surface area contributed by atoms with Crippen molar-refractivity contribution in [3.8, 4) is 0 Å². The number of fused-ring (bicyclic) bond motifs is 7. The van der Waals surface area contributed by atoms with Gasteiger partial charge in [0.25, 0.3) is 0 Å². The zero-order chi connectivity index (χ0) is 24.8. The van der Waals surface area contributed by atoms with E-state index in [2.05, 4.69) is 11.7 Å². The average Bonchev–Trinajstić information content (AvgIpc) is 2.81. The van der Waals surface area contributed by atoms with Crippen LogP contribution in [-0.4, -0.2) is 6.72 Å². The molecule has 0 aromatic heterocycles. The summed E-state index contributed by atoms with van der Waals surface area (Å²) in [4.78, 5) is 4.02. The third-order valence-electron chi connectivity index (χ3n) is 6.57. The standard InChI is InChI=1S/C23H25N11/c1-34-10-4-5-6(2-8(10)24)16(26)20(30)15-11(5)7-3-9(25)13-14(12(7)17(27)21(15)31)19(29)23(33)22(32)18(13)28/h2-4H,1,24-33H2. The van der Waals surface area contributed by atoms with Crippen LogP contribution in [0.25, 0.3) is 43.1 Å². The molecule has 5 rings (SSSR count). The van der Waals surface area contributed by atoms with E-state index in [-0.39, 0.29) is 39.8 Å². The second-order valence-electron chi connectivity index (χ2n) is 8.31. The summed E-state index contributed by atoms with van der Waals surface area (Å²) in [7, 11) is 0. The van der Waals surface area contributed by atoms with E-state index >= 15 is 0 Å². The first-order valence-electron chi connectivity index (χ1n) is 10.2. The number of anilines is 10. The smallest absolute Gasteiger partial charge is 0.0858 e. The summed E-state index contributed by atoms with van der Waals surface area (Å²) in [6, 6.07) is 5.19. The fraction of sp³-hybridized carbons (Fsp3) is 0. The molecule has 0 saturated heterocycles. The maximum atomic E-state index is 6.57. The number of benzene rings is 5. The largest absolute Gasteiger partial charge is 0.398 e. The van der Waals surface area contributed by atoms with Gasteiger partial charge in [-0.25, -0.2) is 0 Å². The summed E-state index contributed by atoms with van der Waals surface area (Å²) in [5, 5.41) is 4.45. The number of nitrogens with zero attached hydrogens (tertiary/aromatic N) is 1. The van der Waals surface area contributed by atoms with Crippen molar-refractivity contribution < 1.29 is 0 Å². The van der Waals surface area contributed by atoms with Crippen LogP contribution in [0.3, 0.4) is 0 Å². The molecule has 0 aliphatic rings. The zero-order valence-corrected chi connectivity index (χ0v) is 18.2. The molecule has 11 heteroatoms. The second kappa shape index (κ2) is 6.42. The van der Waals surface area contributed by atoms with Gasteiger partial charge in [-0.15, -0.1) is 0 Å². The first kappa shape index (κ1) is 20.7. The molecule has 20 N–H and O–H groups in total. The summed E-state index contributed by atoms with van der Waals surface area (Å²) in [5.74, 6) is 0. The first-order valence-corrected chi connectivity index (χ1v) is 10.2. The van der Waals surface area contributed by atoms with Crippen LogP contribution >= 0.6 is 0 Å². The molecule has 0 radical (unpaired) electrons. The SMILES string of the molecule is C=Nc1cc2c(cc1N)c(N)c(N)c1c(N)c(N)c3c(cc(N)c4c(N)c(N)c(N)c(N)c43)c12. The van der Waals surface area contributed by atoms with Gasteiger partial charge >= 0.3 is 0 Å². The monoisotopic (exact) mass is 455 g/mol. The molecule has 0 atom stereocenters. The van der Waals surface area contributed by atoms with E-state index < -0.39 is 0 Å². The molecule has 0 bridgehead atoms. The Morgan fingerprint density at radius 1 is 0.412 bits per heavy atom. The van der Waals surface area contributed by atoms with Gasteiger partial charge in [-0.05, 0) is 35.7 Å². The summed E-state index contributed by atoms with van der Waals surface area (Å²) < 4.78 is 0. The zero-order valence-electron chi connectivity index (χ0n) is 18.2. The summed E-state index contributed by atoms with van der Waals surface area (Å²) >= 11 is 0. The van der Waals surface area contributed by atoms with Crippen molar-refractivity contribution in [2.45, 2.75) is 0 Å². The topological polar surface area (TPSA) is 273 Å². The van der Waals surface area contributed by atoms with Crippen molar-refractivity contribution >= 4 is 112 Å². The molecular weight excluding hydrogens is 430 g/mol. The van der Waals surface area contributed by atoms with Crippen LogP contribution in [0.15, 0.2) is 23.2 Å². The molecule has 0 unspecified atom stereocenters. The predicted molar refractivity (Wildman–Crippen MR) is 150 cm³/mol. The fourth-order valence-electron chi connectivity index (χ4n) is 4.85. The maximum Gasteiger partial charge on any atom is 0.0858 e. The number of rotatable bonds is 1. The molecule has 0 amide bonds. The Hall–Kier alpha value is -5.19. The van der Waals surface area contributed by atoms with E-state index in [0.717, 1.165) is 0 Å². The molecule has 0 spiro atoms. The van der Waals surface area contributed by atoms with Crippen LogP contribution in [0, 0.1) is 0 Å². The van der Waals surface area contributed by atoms with E-state index in [1.165, 1.54) is 0 Å². The van der Waals surface area contributed by atoms with E-state index in [1.54, 1.807) is 18.2 Å². The Morgan fingerprint density at radius 3 is 1.53 bits per heavy atom. The summed E-state index contributed by atoms with van der Waals surface area (Å²) in [6.45, 7) is 3.60. The van der Waals surface area contributed by atoms with Gasteiger partial charge in [0.1, 0.15) is 0 Å². The van der Waals surface area contributed by atoms with Crippen molar-refractivity contribution in [3.63, 3.8) is 0 Å². The lowest BCUT2D eigenvalue weighted by atomic mass is 9.87. The van der Waals surface area contributed by atoms with Gasteiger partial charge in [0.15, 0.2) is 0 Å². The molecule has 5 aromatic carbocycles. The second-order valence-corrected chi connectivity index (χ2v) is 8.31. The van der Waals surface area contributed by atoms with Crippen molar-refractivity contribution in [2.75, 3.05) is 57.3 Å². The minimum atomic E-state index is 0.127. The van der Waals surface area contributed by atoms with Gasteiger partial charge in [-0.1, -0.05) is 0 Å². The average molecular weight is 456 g/mol. The minimum Gasteiger partial charge on any atom is -0.398 e. The van der Waals surface area contributed by atoms with E-state index in [9.17, 15) is 0 Å². The number of nitrogen functional groups attached to an aromatic ring is 10. The van der Waals surface area contributed by atoms with Crippen LogP contribution in [-0.2, 0) is 0 Å². The van der Waals surface area contributed by atoms with Crippen molar-refractivity contribution in [2.24, 2.45) is 4.99 Å². The van der Waals surface area contributed by atoms with Gasteiger partial charge in [-0.2, -0.15) is 0 Å². The highest BCUT2D eigenvalue weighted by Crippen LogP contribution is 2.52. The number of aliphatic imine (C=N–C) groups is 1. The van der Waals surface area contributed by atoms with Crippen LogP contribution in [0.4, 0.5) is 62.6 Å². The quantitative estimate of drug-likeness (QED) is 0.0762. The molecule has 0 aliphatic carbocycles. The molecule has 172 valence electrons. The lowest BCUT2D eigenvalue weighted by Crippen LogP contribution is -2.08. The Bertz CT molecular complexity index is 1770. The van der Waals surface area contributed by atoms with Gasteiger partial charge in [0.2, 0.25) is 0 Å². The molecule has 34 heavy (non-hydrogen) atoms. The number of nitrogens with two attached hydrogens (primary N) is 10. The van der Waals surface area contributed by atoms with Crippen molar-refractivity contribution in [1.82, 2.24) is 0 Å². The lowest BCUT2D eigenvalue weighted by Gasteiger charge is -2.22. The molecule has 0 fully saturated rings. The Morgan fingerprint density at radius 2 is 0.912 bits per heavy atom. The Labute approximate surface area is 193 Å². The number of hydrogen-bond donors (Lipinski definition) is 10. The fourth-order valence-corrected chi connectivity index (χ4v) is 4.85. The van der Waals surface area contributed by atoms with E-state index in [0.29, 0.717) is 65.8 Å². The lowest BCUT2D eigenvalue weighted by molar-refractivity contribution is 1.58. The van der Waals surface area contributed by atoms with Gasteiger partial charge in [0.05, 0.1) is 56.9 Å². The molecule has 0 saturated carbocycles. The molecule has 11 nitrogen and oxygen atoms in total. The molecule has 0 heterocycles. The van der Waals surface area contributed by atoms with E-state index in [4.69, 9.17) is 57.3 Å². The Balaban J connectivity index is 2.24. The summed E-state index contributed by atoms with van der Waals surface area (Å²) in [5.41, 5.74) is 66.4. The van der Waals surface area contributed by atoms with Crippen molar-refractivity contribution in [3.05, 3.63) is 18.2 Å². The van der Waals surface area contributed by atoms with E-state index in [1.807, 2.05) is 0 Å². The van der Waals surface area contributed by atoms with Crippen LogP contribution in [0.2, 0.25) is 0 Å². The highest BCUT2D eigenvalue weighted by molar-refractivity contribution is 6.39. The highest BCUT2D eigenvalue weighted by Gasteiger charge is 2.24. The van der Waals surface area contributed by atoms with Crippen LogP contribution in [0.5, 0.6) is 0 Å². The van der Waals surface area contributed by atoms with Gasteiger partial charge < -0.3 is 57.3 Å². The third kappa shape index (κ3) is 2.26. The van der Waals surface area contributed by atoms with Crippen LogP contribution in [0.1, 0.15) is 0 Å². The summed E-state index contributed by atoms with van der Waals surface area (Å²) in [6.07, 6.45) is 0. The van der Waals surface area contributed by atoms with Crippen LogP contribution < -0.4 is 57.3 Å².